The fourth-order valence-corrected chi connectivity index (χ4v) is 3.80. The van der Waals surface area contributed by atoms with E-state index in [2.05, 4.69) is 32.9 Å². The van der Waals surface area contributed by atoms with Gasteiger partial charge in [0.25, 0.3) is 0 Å². The Morgan fingerprint density at radius 2 is 1.47 bits per heavy atom. The zero-order valence-electron chi connectivity index (χ0n) is 18.6. The van der Waals surface area contributed by atoms with Crippen molar-refractivity contribution in [1.29, 1.82) is 0 Å². The maximum absolute atomic E-state index is 11.5. The molecule has 0 aliphatic carbocycles. The first kappa shape index (κ1) is 21.5. The number of carboxylic acids is 1. The molecule has 4 aromatic rings. The lowest BCUT2D eigenvalue weighted by Crippen LogP contribution is -2.25. The second-order valence-corrected chi connectivity index (χ2v) is 8.91. The van der Waals surface area contributed by atoms with Gasteiger partial charge in [-0.2, -0.15) is 5.10 Å². The molecule has 0 amide bonds. The Balaban J connectivity index is 1.60. The second-order valence-electron chi connectivity index (χ2n) is 8.91. The Morgan fingerprint density at radius 3 is 2.12 bits per heavy atom. The second kappa shape index (κ2) is 8.79. The molecule has 0 bridgehead atoms. The molecule has 0 aliphatic heterocycles. The molecular weight excluding hydrogens is 398 g/mol. The van der Waals surface area contributed by atoms with Crippen LogP contribution in [-0.2, 0) is 18.4 Å². The largest absolute Gasteiger partial charge is 0.478 e. The monoisotopic (exact) mass is 425 g/mol. The van der Waals surface area contributed by atoms with Gasteiger partial charge < -0.3 is 5.11 Å². The number of hydrogen-bond acceptors (Lipinski definition) is 3. The molecule has 1 heterocycles. The minimum atomic E-state index is -0.922. The van der Waals surface area contributed by atoms with Crippen LogP contribution in [0.15, 0.2) is 78.9 Å². The molecule has 32 heavy (non-hydrogen) atoms. The molecule has 3 aromatic carbocycles. The predicted octanol–water partition coefficient (Wildman–Crippen LogP) is 5.58. The summed E-state index contributed by atoms with van der Waals surface area (Å²) in [4.78, 5) is 16.4. The zero-order chi connectivity index (χ0) is 22.7. The summed E-state index contributed by atoms with van der Waals surface area (Å²) in [7, 11) is 0. The highest BCUT2D eigenvalue weighted by molar-refractivity contribution is 5.95. The summed E-state index contributed by atoms with van der Waals surface area (Å²) in [6.07, 6.45) is 1.35. The zero-order valence-corrected chi connectivity index (χ0v) is 18.6. The molecule has 5 nitrogen and oxygen atoms in total. The van der Waals surface area contributed by atoms with Crippen LogP contribution in [0.2, 0.25) is 0 Å². The molecule has 0 aliphatic rings. The molecule has 1 aromatic heterocycles. The van der Waals surface area contributed by atoms with Crippen LogP contribution >= 0.6 is 0 Å². The SMILES string of the molecule is CC(C)(C)n1nc(Cc2ccccc2)nc1Cc1ccc(-c2ccccc2C(=O)O)cc1. The summed E-state index contributed by atoms with van der Waals surface area (Å²) >= 11 is 0. The van der Waals surface area contributed by atoms with Crippen molar-refractivity contribution in [2.75, 3.05) is 0 Å². The Labute approximate surface area is 188 Å². The molecule has 162 valence electrons. The molecule has 0 saturated carbocycles. The van der Waals surface area contributed by atoms with Crippen LogP contribution in [0.4, 0.5) is 0 Å². The van der Waals surface area contributed by atoms with E-state index in [0.717, 1.165) is 28.3 Å². The maximum atomic E-state index is 11.5. The van der Waals surface area contributed by atoms with E-state index in [1.165, 1.54) is 5.56 Å². The number of nitrogens with zero attached hydrogens (tertiary/aromatic N) is 3. The predicted molar refractivity (Wildman–Crippen MR) is 126 cm³/mol. The van der Waals surface area contributed by atoms with E-state index < -0.39 is 5.97 Å². The molecule has 0 unspecified atom stereocenters. The van der Waals surface area contributed by atoms with Gasteiger partial charge in [0.15, 0.2) is 5.82 Å². The Hall–Kier alpha value is -3.73. The molecular formula is C27H27N3O2. The summed E-state index contributed by atoms with van der Waals surface area (Å²) in [5, 5.41) is 14.3. The molecule has 5 heteroatoms. The van der Waals surface area contributed by atoms with Crippen molar-refractivity contribution in [3.8, 4) is 11.1 Å². The first-order valence-electron chi connectivity index (χ1n) is 10.7. The minimum absolute atomic E-state index is 0.183. The average Bonchev–Trinajstić information content (AvgIpc) is 3.17. The van der Waals surface area contributed by atoms with Crippen molar-refractivity contribution in [2.45, 2.75) is 39.2 Å². The minimum Gasteiger partial charge on any atom is -0.478 e. The van der Waals surface area contributed by atoms with E-state index in [4.69, 9.17) is 10.1 Å². The van der Waals surface area contributed by atoms with Crippen LogP contribution in [0.25, 0.3) is 11.1 Å². The lowest BCUT2D eigenvalue weighted by molar-refractivity contribution is 0.0697. The third-order valence-electron chi connectivity index (χ3n) is 5.34. The fraction of sp³-hybridized carbons (Fsp3) is 0.222. The highest BCUT2D eigenvalue weighted by Crippen LogP contribution is 2.25. The Kier molecular flexibility index (Phi) is 5.91. The number of rotatable bonds is 6. The smallest absolute Gasteiger partial charge is 0.336 e. The number of carboxylic acid groups (broad SMARTS) is 1. The van der Waals surface area contributed by atoms with Gasteiger partial charge in [-0.25, -0.2) is 14.5 Å². The van der Waals surface area contributed by atoms with Crippen molar-refractivity contribution in [1.82, 2.24) is 14.8 Å². The van der Waals surface area contributed by atoms with E-state index in [1.54, 1.807) is 12.1 Å². The number of carbonyl (C=O) groups is 1. The van der Waals surface area contributed by atoms with Crippen molar-refractivity contribution in [3.63, 3.8) is 0 Å². The lowest BCUT2D eigenvalue weighted by Gasteiger charge is -2.21. The number of aromatic carboxylic acids is 1. The standard InChI is InChI=1S/C27H27N3O2/c1-27(2,3)30-25(28-24(29-30)17-19-9-5-4-6-10-19)18-20-13-15-21(16-14-20)22-11-7-8-12-23(22)26(31)32/h4-16H,17-18H2,1-3H3,(H,31,32). The van der Waals surface area contributed by atoms with Crippen LogP contribution in [0.3, 0.4) is 0 Å². The third-order valence-corrected chi connectivity index (χ3v) is 5.34. The first-order valence-corrected chi connectivity index (χ1v) is 10.7. The highest BCUT2D eigenvalue weighted by Gasteiger charge is 2.21. The van der Waals surface area contributed by atoms with Gasteiger partial charge in [-0.1, -0.05) is 72.8 Å². The molecule has 0 atom stereocenters. The van der Waals surface area contributed by atoms with Crippen molar-refractivity contribution in [3.05, 3.63) is 107 Å². The normalized spacial score (nSPS) is 11.5. The molecule has 0 fully saturated rings. The maximum Gasteiger partial charge on any atom is 0.336 e. The van der Waals surface area contributed by atoms with Gasteiger partial charge in [-0.05, 0) is 49.1 Å². The molecule has 0 spiro atoms. The lowest BCUT2D eigenvalue weighted by atomic mass is 9.98. The Bertz CT molecular complexity index is 1220. The van der Waals surface area contributed by atoms with Crippen LogP contribution in [0.1, 0.15) is 53.9 Å². The summed E-state index contributed by atoms with van der Waals surface area (Å²) in [5.41, 5.74) is 4.01. The topological polar surface area (TPSA) is 68.0 Å². The van der Waals surface area contributed by atoms with E-state index >= 15 is 0 Å². The molecule has 4 rings (SSSR count). The number of benzene rings is 3. The van der Waals surface area contributed by atoms with E-state index in [9.17, 15) is 9.90 Å². The van der Waals surface area contributed by atoms with Crippen molar-refractivity contribution < 1.29 is 9.90 Å². The van der Waals surface area contributed by atoms with E-state index in [0.29, 0.717) is 18.4 Å². The third kappa shape index (κ3) is 4.78. The van der Waals surface area contributed by atoms with Gasteiger partial charge in [0.05, 0.1) is 11.1 Å². The van der Waals surface area contributed by atoms with Gasteiger partial charge in [-0.3, -0.25) is 0 Å². The van der Waals surface area contributed by atoms with Gasteiger partial charge in [0.1, 0.15) is 5.82 Å². The summed E-state index contributed by atoms with van der Waals surface area (Å²) in [5.74, 6) is 0.809. The average molecular weight is 426 g/mol. The van der Waals surface area contributed by atoms with Gasteiger partial charge in [0.2, 0.25) is 0 Å². The summed E-state index contributed by atoms with van der Waals surface area (Å²) < 4.78 is 2.01. The first-order chi connectivity index (χ1) is 15.3. The Morgan fingerprint density at radius 1 is 0.844 bits per heavy atom. The highest BCUT2D eigenvalue weighted by atomic mass is 16.4. The van der Waals surface area contributed by atoms with Crippen LogP contribution in [-0.4, -0.2) is 25.8 Å². The van der Waals surface area contributed by atoms with E-state index in [1.807, 2.05) is 59.3 Å². The quantitative estimate of drug-likeness (QED) is 0.438. The summed E-state index contributed by atoms with van der Waals surface area (Å²) in [6.45, 7) is 6.39. The van der Waals surface area contributed by atoms with Crippen LogP contribution in [0.5, 0.6) is 0 Å². The van der Waals surface area contributed by atoms with E-state index in [-0.39, 0.29) is 5.54 Å². The van der Waals surface area contributed by atoms with Crippen LogP contribution in [0, 0.1) is 0 Å². The number of hydrogen-bond donors (Lipinski definition) is 1. The number of aromatic nitrogens is 3. The molecule has 1 N–H and O–H groups in total. The molecule has 0 saturated heterocycles. The summed E-state index contributed by atoms with van der Waals surface area (Å²) in [6, 6.07) is 25.3. The van der Waals surface area contributed by atoms with Crippen molar-refractivity contribution >= 4 is 5.97 Å². The van der Waals surface area contributed by atoms with Gasteiger partial charge in [-0.15, -0.1) is 0 Å². The van der Waals surface area contributed by atoms with Crippen LogP contribution < -0.4 is 0 Å². The van der Waals surface area contributed by atoms with Gasteiger partial charge in [0, 0.05) is 12.8 Å². The van der Waals surface area contributed by atoms with Gasteiger partial charge >= 0.3 is 5.97 Å². The van der Waals surface area contributed by atoms with Crippen molar-refractivity contribution in [2.24, 2.45) is 0 Å². The molecule has 0 radical (unpaired) electrons. The fourth-order valence-electron chi connectivity index (χ4n) is 3.80.